The second kappa shape index (κ2) is 6.30. The number of nitrogens with zero attached hydrogens (tertiary/aromatic N) is 2. The summed E-state index contributed by atoms with van der Waals surface area (Å²) in [5, 5.41) is 3.72. The highest BCUT2D eigenvalue weighted by atomic mass is 79.9. The summed E-state index contributed by atoms with van der Waals surface area (Å²) in [6.45, 7) is 2.17. The van der Waals surface area contributed by atoms with Crippen LogP contribution in [-0.2, 0) is 16.1 Å². The normalized spacial score (nSPS) is 10.7. The third kappa shape index (κ3) is 3.26. The minimum Gasteiger partial charge on any atom is -0.347 e. The molecule has 0 fully saturated rings. The van der Waals surface area contributed by atoms with E-state index in [1.807, 2.05) is 35.8 Å². The average Bonchev–Trinajstić information content (AvgIpc) is 2.70. The van der Waals surface area contributed by atoms with E-state index in [1.165, 1.54) is 4.90 Å². The zero-order valence-electron chi connectivity index (χ0n) is 12.3. The Morgan fingerprint density at radius 2 is 1.95 bits per heavy atom. The second-order valence-electron chi connectivity index (χ2n) is 5.07. The number of amides is 2. The minimum absolute atomic E-state index is 0.0191. The maximum absolute atomic E-state index is 12.0. The molecule has 1 aromatic heterocycles. The Balaban J connectivity index is 2.15. The van der Waals surface area contributed by atoms with Gasteiger partial charge in [-0.25, -0.2) is 0 Å². The molecule has 0 unspecified atom stereocenters. The van der Waals surface area contributed by atoms with Gasteiger partial charge in [-0.3, -0.25) is 9.59 Å². The first-order valence-corrected chi connectivity index (χ1v) is 7.41. The summed E-state index contributed by atoms with van der Waals surface area (Å²) in [6.07, 6.45) is 0. The van der Waals surface area contributed by atoms with Crippen LogP contribution in [0.4, 0.5) is 0 Å². The van der Waals surface area contributed by atoms with Gasteiger partial charge in [0.05, 0.1) is 6.54 Å². The Kier molecular flexibility index (Phi) is 4.67. The summed E-state index contributed by atoms with van der Waals surface area (Å²) < 4.78 is 2.93. The van der Waals surface area contributed by atoms with E-state index < -0.39 is 0 Å². The molecule has 0 saturated carbocycles. The number of aromatic nitrogens is 1. The average molecular weight is 352 g/mol. The van der Waals surface area contributed by atoms with Crippen LogP contribution < -0.4 is 5.32 Å². The van der Waals surface area contributed by atoms with Gasteiger partial charge in [0.1, 0.15) is 6.54 Å². The summed E-state index contributed by atoms with van der Waals surface area (Å²) >= 11 is 3.56. The van der Waals surface area contributed by atoms with Crippen molar-refractivity contribution in [3.63, 3.8) is 0 Å². The molecular weight excluding hydrogens is 334 g/mol. The number of carbonyl (C=O) groups is 2. The van der Waals surface area contributed by atoms with Crippen molar-refractivity contribution in [2.45, 2.75) is 13.5 Å². The van der Waals surface area contributed by atoms with Gasteiger partial charge in [0.15, 0.2) is 0 Å². The zero-order chi connectivity index (χ0) is 15.6. The summed E-state index contributed by atoms with van der Waals surface area (Å²) in [6, 6.07) is 7.90. The van der Waals surface area contributed by atoms with Crippen LogP contribution in [-0.4, -0.2) is 41.9 Å². The lowest BCUT2D eigenvalue weighted by molar-refractivity contribution is -0.131. The number of benzene rings is 1. The summed E-state index contributed by atoms with van der Waals surface area (Å²) in [4.78, 5) is 25.0. The van der Waals surface area contributed by atoms with E-state index in [1.54, 1.807) is 14.1 Å². The van der Waals surface area contributed by atoms with Gasteiger partial charge in [0.2, 0.25) is 11.8 Å². The number of likely N-dealkylation sites (N-methyl/N-ethyl adjacent to an activating group) is 1. The predicted octanol–water partition coefficient (Wildman–Crippen LogP) is 1.92. The van der Waals surface area contributed by atoms with Crippen LogP contribution in [0, 0.1) is 6.92 Å². The van der Waals surface area contributed by atoms with Crippen molar-refractivity contribution in [2.24, 2.45) is 0 Å². The topological polar surface area (TPSA) is 54.3 Å². The van der Waals surface area contributed by atoms with Crippen LogP contribution >= 0.6 is 15.9 Å². The van der Waals surface area contributed by atoms with Crippen molar-refractivity contribution in [2.75, 3.05) is 20.6 Å². The lowest BCUT2D eigenvalue weighted by Gasteiger charge is -2.12. The number of nitrogens with one attached hydrogen (secondary N) is 1. The number of hydrogen-bond donors (Lipinski definition) is 1. The third-order valence-electron chi connectivity index (χ3n) is 3.39. The molecule has 112 valence electrons. The molecule has 2 aromatic rings. The molecule has 0 bridgehead atoms. The summed E-state index contributed by atoms with van der Waals surface area (Å²) in [5.74, 6) is -0.305. The van der Waals surface area contributed by atoms with E-state index in [9.17, 15) is 9.59 Å². The van der Waals surface area contributed by atoms with Gasteiger partial charge in [0, 0.05) is 35.2 Å². The Morgan fingerprint density at radius 3 is 2.62 bits per heavy atom. The predicted molar refractivity (Wildman–Crippen MR) is 86.1 cm³/mol. The fraction of sp³-hybridized carbons (Fsp3) is 0.333. The largest absolute Gasteiger partial charge is 0.347 e. The van der Waals surface area contributed by atoms with Gasteiger partial charge < -0.3 is 14.8 Å². The Morgan fingerprint density at radius 1 is 1.29 bits per heavy atom. The quantitative estimate of drug-likeness (QED) is 0.914. The summed E-state index contributed by atoms with van der Waals surface area (Å²) in [7, 11) is 3.32. The number of hydrogen-bond acceptors (Lipinski definition) is 2. The van der Waals surface area contributed by atoms with Crippen LogP contribution in [0.3, 0.4) is 0 Å². The first kappa shape index (κ1) is 15.6. The standard InChI is InChI=1S/C15H18BrN3O2/c1-10-15(16)11-6-4-5-7-12(11)19(10)9-13(20)17-8-14(21)18(2)3/h4-7H,8-9H2,1-3H3,(H,17,20). The zero-order valence-corrected chi connectivity index (χ0v) is 13.9. The fourth-order valence-electron chi connectivity index (χ4n) is 2.12. The van der Waals surface area contributed by atoms with Crippen molar-refractivity contribution >= 4 is 38.6 Å². The monoisotopic (exact) mass is 351 g/mol. The molecular formula is C15H18BrN3O2. The molecule has 0 aliphatic heterocycles. The Hall–Kier alpha value is -1.82. The number of carbonyl (C=O) groups excluding carboxylic acids is 2. The lowest BCUT2D eigenvalue weighted by Crippen LogP contribution is -2.37. The lowest BCUT2D eigenvalue weighted by atomic mass is 10.2. The molecule has 0 aliphatic carbocycles. The summed E-state index contributed by atoms with van der Waals surface area (Å²) in [5.41, 5.74) is 1.99. The molecule has 2 rings (SSSR count). The van der Waals surface area contributed by atoms with E-state index in [2.05, 4.69) is 21.2 Å². The Bertz CT molecular complexity index is 692. The number of rotatable bonds is 4. The minimum atomic E-state index is -0.179. The van der Waals surface area contributed by atoms with Gasteiger partial charge in [-0.15, -0.1) is 0 Å². The van der Waals surface area contributed by atoms with E-state index in [-0.39, 0.29) is 24.9 Å². The molecule has 21 heavy (non-hydrogen) atoms. The molecule has 0 saturated heterocycles. The van der Waals surface area contributed by atoms with Gasteiger partial charge in [-0.05, 0) is 28.9 Å². The van der Waals surface area contributed by atoms with Crippen LogP contribution in [0.15, 0.2) is 28.7 Å². The number of halogens is 1. The van der Waals surface area contributed by atoms with Gasteiger partial charge in [-0.1, -0.05) is 18.2 Å². The first-order chi connectivity index (χ1) is 9.91. The molecule has 6 heteroatoms. The highest BCUT2D eigenvalue weighted by Gasteiger charge is 2.14. The van der Waals surface area contributed by atoms with Crippen LogP contribution in [0.25, 0.3) is 10.9 Å². The molecule has 2 amide bonds. The third-order valence-corrected chi connectivity index (χ3v) is 4.39. The smallest absolute Gasteiger partial charge is 0.241 e. The molecule has 0 aliphatic rings. The van der Waals surface area contributed by atoms with Crippen molar-refractivity contribution in [3.05, 3.63) is 34.4 Å². The SMILES string of the molecule is Cc1c(Br)c2ccccc2n1CC(=O)NCC(=O)N(C)C. The Labute approximate surface area is 132 Å². The molecule has 1 aromatic carbocycles. The van der Waals surface area contributed by atoms with E-state index in [4.69, 9.17) is 0 Å². The van der Waals surface area contributed by atoms with Crippen molar-refractivity contribution < 1.29 is 9.59 Å². The van der Waals surface area contributed by atoms with Crippen molar-refractivity contribution in [1.82, 2.24) is 14.8 Å². The highest BCUT2D eigenvalue weighted by molar-refractivity contribution is 9.10. The number of fused-ring (bicyclic) bond motifs is 1. The molecule has 0 atom stereocenters. The first-order valence-electron chi connectivity index (χ1n) is 6.62. The van der Waals surface area contributed by atoms with E-state index in [0.29, 0.717) is 0 Å². The van der Waals surface area contributed by atoms with Gasteiger partial charge >= 0.3 is 0 Å². The number of para-hydroxylation sites is 1. The molecule has 0 spiro atoms. The maximum Gasteiger partial charge on any atom is 0.241 e. The van der Waals surface area contributed by atoms with Crippen LogP contribution in [0.2, 0.25) is 0 Å². The molecule has 1 heterocycles. The van der Waals surface area contributed by atoms with Crippen molar-refractivity contribution in [3.8, 4) is 0 Å². The molecule has 0 radical (unpaired) electrons. The maximum atomic E-state index is 12.0. The molecule has 1 N–H and O–H groups in total. The van der Waals surface area contributed by atoms with E-state index in [0.717, 1.165) is 21.1 Å². The van der Waals surface area contributed by atoms with Gasteiger partial charge in [-0.2, -0.15) is 0 Å². The van der Waals surface area contributed by atoms with Crippen LogP contribution in [0.1, 0.15) is 5.69 Å². The second-order valence-corrected chi connectivity index (χ2v) is 5.86. The van der Waals surface area contributed by atoms with Crippen LogP contribution in [0.5, 0.6) is 0 Å². The van der Waals surface area contributed by atoms with Crippen molar-refractivity contribution in [1.29, 1.82) is 0 Å². The fourth-order valence-corrected chi connectivity index (χ4v) is 2.67. The molecule has 5 nitrogen and oxygen atoms in total. The van der Waals surface area contributed by atoms with E-state index >= 15 is 0 Å². The highest BCUT2D eigenvalue weighted by Crippen LogP contribution is 2.30. The van der Waals surface area contributed by atoms with Gasteiger partial charge in [0.25, 0.3) is 0 Å².